The van der Waals surface area contributed by atoms with E-state index < -0.39 is 22.8 Å². The summed E-state index contributed by atoms with van der Waals surface area (Å²) < 4.78 is 40.0. The minimum absolute atomic E-state index is 0.124. The third-order valence-electron chi connectivity index (χ3n) is 5.47. The first-order chi connectivity index (χ1) is 9.08. The summed E-state index contributed by atoms with van der Waals surface area (Å²) in [5.74, 6) is 0.00671. The SMILES string of the molecule is Fc1cc(F)c(C(Cl)C2C3C4CCC(C4)C32)cc1F. The molecule has 0 N–H and O–H groups in total. The highest BCUT2D eigenvalue weighted by atomic mass is 35.5. The summed E-state index contributed by atoms with van der Waals surface area (Å²) in [5.41, 5.74) is 0.124. The van der Waals surface area contributed by atoms with Crippen molar-refractivity contribution in [3.8, 4) is 0 Å². The predicted octanol–water partition coefficient (Wildman–Crippen LogP) is 4.68. The second-order valence-electron chi connectivity index (χ2n) is 6.25. The van der Waals surface area contributed by atoms with Crippen molar-refractivity contribution in [3.63, 3.8) is 0 Å². The van der Waals surface area contributed by atoms with Crippen LogP contribution in [0.5, 0.6) is 0 Å². The second kappa shape index (κ2) is 3.91. The van der Waals surface area contributed by atoms with Crippen LogP contribution in [-0.4, -0.2) is 0 Å². The van der Waals surface area contributed by atoms with E-state index in [1.807, 2.05) is 0 Å². The molecule has 3 aliphatic carbocycles. The molecule has 2 bridgehead atoms. The van der Waals surface area contributed by atoms with E-state index >= 15 is 0 Å². The quantitative estimate of drug-likeness (QED) is 0.547. The van der Waals surface area contributed by atoms with Crippen LogP contribution in [-0.2, 0) is 0 Å². The molecule has 1 aromatic rings. The highest BCUT2D eigenvalue weighted by Gasteiger charge is 2.66. The van der Waals surface area contributed by atoms with Gasteiger partial charge in [0.1, 0.15) is 5.82 Å². The van der Waals surface area contributed by atoms with Crippen LogP contribution in [0.4, 0.5) is 13.2 Å². The zero-order valence-electron chi connectivity index (χ0n) is 10.3. The van der Waals surface area contributed by atoms with Crippen LogP contribution in [0.2, 0.25) is 0 Å². The third-order valence-corrected chi connectivity index (χ3v) is 6.00. The molecular weight excluding hydrogens is 273 g/mol. The van der Waals surface area contributed by atoms with E-state index in [0.717, 1.165) is 17.9 Å². The van der Waals surface area contributed by atoms with Gasteiger partial charge in [-0.2, -0.15) is 0 Å². The number of hydrogen-bond donors (Lipinski definition) is 0. The van der Waals surface area contributed by atoms with Crippen molar-refractivity contribution in [2.45, 2.75) is 24.6 Å². The van der Waals surface area contributed by atoms with Crippen molar-refractivity contribution >= 4 is 11.6 Å². The molecule has 102 valence electrons. The number of hydrogen-bond acceptors (Lipinski definition) is 0. The van der Waals surface area contributed by atoms with Crippen molar-refractivity contribution in [2.24, 2.45) is 29.6 Å². The number of halogens is 4. The molecule has 0 spiro atoms. The van der Waals surface area contributed by atoms with Gasteiger partial charge in [-0.1, -0.05) is 0 Å². The summed E-state index contributed by atoms with van der Waals surface area (Å²) in [6, 6.07) is 1.53. The van der Waals surface area contributed by atoms with Gasteiger partial charge in [0.15, 0.2) is 11.6 Å². The molecule has 5 atom stereocenters. The highest BCUT2D eigenvalue weighted by molar-refractivity contribution is 6.21. The lowest BCUT2D eigenvalue weighted by Gasteiger charge is -2.15. The van der Waals surface area contributed by atoms with E-state index in [9.17, 15) is 13.2 Å². The largest absolute Gasteiger partial charge is 0.207 e. The number of rotatable bonds is 2. The van der Waals surface area contributed by atoms with Crippen molar-refractivity contribution in [3.05, 3.63) is 35.1 Å². The van der Waals surface area contributed by atoms with E-state index in [4.69, 9.17) is 11.6 Å². The van der Waals surface area contributed by atoms with Gasteiger partial charge in [-0.25, -0.2) is 13.2 Å². The molecule has 0 heterocycles. The van der Waals surface area contributed by atoms with Crippen LogP contribution in [0.1, 0.15) is 30.2 Å². The third kappa shape index (κ3) is 1.60. The first-order valence-corrected chi connectivity index (χ1v) is 7.30. The van der Waals surface area contributed by atoms with Gasteiger partial charge in [-0.3, -0.25) is 0 Å². The van der Waals surface area contributed by atoms with Gasteiger partial charge in [0.25, 0.3) is 0 Å². The molecular formula is C15H14ClF3. The summed E-state index contributed by atoms with van der Waals surface area (Å²) in [7, 11) is 0. The lowest BCUT2D eigenvalue weighted by molar-refractivity contribution is 0.443. The van der Waals surface area contributed by atoms with E-state index in [0.29, 0.717) is 17.9 Å². The van der Waals surface area contributed by atoms with Crippen LogP contribution in [0.15, 0.2) is 12.1 Å². The van der Waals surface area contributed by atoms with Gasteiger partial charge in [0.2, 0.25) is 0 Å². The van der Waals surface area contributed by atoms with Gasteiger partial charge in [0, 0.05) is 11.6 Å². The summed E-state index contributed by atoms with van der Waals surface area (Å²) in [6.07, 6.45) is 3.80. The van der Waals surface area contributed by atoms with E-state index in [-0.39, 0.29) is 11.5 Å². The van der Waals surface area contributed by atoms with Gasteiger partial charge in [-0.15, -0.1) is 11.6 Å². The Morgan fingerprint density at radius 1 is 0.947 bits per heavy atom. The standard InChI is InChI=1S/C15H14ClF3/c16-15(8-4-10(18)11(19)5-9(8)17)14-12-6-1-2-7(3-6)13(12)14/h4-7,12-15H,1-3H2. The van der Waals surface area contributed by atoms with E-state index in [1.54, 1.807) is 0 Å². The minimum atomic E-state index is -1.15. The Kier molecular flexibility index (Phi) is 2.48. The van der Waals surface area contributed by atoms with Crippen molar-refractivity contribution in [1.82, 2.24) is 0 Å². The average molecular weight is 287 g/mol. The molecule has 1 aromatic carbocycles. The molecule has 4 rings (SSSR count). The topological polar surface area (TPSA) is 0 Å². The maximum absolute atomic E-state index is 13.8. The normalized spacial score (nSPS) is 40.3. The molecule has 3 fully saturated rings. The number of alkyl halides is 1. The van der Waals surface area contributed by atoms with Crippen LogP contribution in [0.25, 0.3) is 0 Å². The molecule has 3 saturated carbocycles. The molecule has 0 radical (unpaired) electrons. The maximum atomic E-state index is 13.8. The minimum Gasteiger partial charge on any atom is -0.207 e. The van der Waals surface area contributed by atoms with Crippen molar-refractivity contribution in [1.29, 1.82) is 0 Å². The first kappa shape index (κ1) is 12.1. The Morgan fingerprint density at radius 3 is 2.16 bits per heavy atom. The predicted molar refractivity (Wildman–Crippen MR) is 66.2 cm³/mol. The molecule has 19 heavy (non-hydrogen) atoms. The molecule has 4 heteroatoms. The van der Waals surface area contributed by atoms with Gasteiger partial charge < -0.3 is 0 Å². The molecule has 3 aliphatic rings. The summed E-state index contributed by atoms with van der Waals surface area (Å²) >= 11 is 6.36. The van der Waals surface area contributed by atoms with Crippen molar-refractivity contribution in [2.75, 3.05) is 0 Å². The van der Waals surface area contributed by atoms with Crippen LogP contribution in [0, 0.1) is 47.0 Å². The van der Waals surface area contributed by atoms with Gasteiger partial charge in [0.05, 0.1) is 5.38 Å². The molecule has 0 aromatic heterocycles. The highest BCUT2D eigenvalue weighted by Crippen LogP contribution is 2.73. The van der Waals surface area contributed by atoms with Gasteiger partial charge >= 0.3 is 0 Å². The fourth-order valence-electron chi connectivity index (χ4n) is 4.74. The Bertz CT molecular complexity index is 528. The Labute approximate surface area is 114 Å². The number of benzene rings is 1. The lowest BCUT2D eigenvalue weighted by Crippen LogP contribution is -2.07. The van der Waals surface area contributed by atoms with E-state index in [1.165, 1.54) is 19.3 Å². The Hall–Kier alpha value is -0.700. The summed E-state index contributed by atoms with van der Waals surface area (Å²) in [6.45, 7) is 0. The molecule has 0 amide bonds. The summed E-state index contributed by atoms with van der Waals surface area (Å²) in [5, 5.41) is -0.520. The van der Waals surface area contributed by atoms with Gasteiger partial charge in [-0.05, 0) is 54.9 Å². The van der Waals surface area contributed by atoms with Crippen LogP contribution >= 0.6 is 11.6 Å². The fraction of sp³-hybridized carbons (Fsp3) is 0.600. The molecule has 0 saturated heterocycles. The second-order valence-corrected chi connectivity index (χ2v) is 6.73. The summed E-state index contributed by atoms with van der Waals surface area (Å²) in [4.78, 5) is 0. The Morgan fingerprint density at radius 2 is 1.53 bits per heavy atom. The zero-order valence-corrected chi connectivity index (χ0v) is 11.0. The zero-order chi connectivity index (χ0) is 13.3. The van der Waals surface area contributed by atoms with Crippen molar-refractivity contribution < 1.29 is 13.2 Å². The maximum Gasteiger partial charge on any atom is 0.161 e. The van der Waals surface area contributed by atoms with Crippen LogP contribution < -0.4 is 0 Å². The smallest absolute Gasteiger partial charge is 0.161 e. The molecule has 0 aliphatic heterocycles. The average Bonchev–Trinajstić information content (AvgIpc) is 2.81. The lowest BCUT2D eigenvalue weighted by atomic mass is 9.96. The monoisotopic (exact) mass is 286 g/mol. The van der Waals surface area contributed by atoms with E-state index in [2.05, 4.69) is 0 Å². The Balaban J connectivity index is 1.62. The first-order valence-electron chi connectivity index (χ1n) is 6.86. The van der Waals surface area contributed by atoms with Crippen LogP contribution in [0.3, 0.4) is 0 Å². The fourth-order valence-corrected chi connectivity index (χ4v) is 5.24. The molecule has 0 nitrogen and oxygen atoms in total. The number of fused-ring (bicyclic) bond motifs is 5. The molecule has 5 unspecified atom stereocenters.